The summed E-state index contributed by atoms with van der Waals surface area (Å²) < 4.78 is 15.9. The predicted molar refractivity (Wildman–Crippen MR) is 169 cm³/mol. The second-order valence-corrected chi connectivity index (χ2v) is 14.5. The predicted octanol–water partition coefficient (Wildman–Crippen LogP) is 10.2. The average molecular weight is 577 g/mol. The van der Waals surface area contributed by atoms with Crippen molar-refractivity contribution in [1.82, 2.24) is 0 Å². The normalized spacial score (nSPS) is 12.1. The van der Waals surface area contributed by atoms with Gasteiger partial charge in [0, 0.05) is 16.7 Å². The third kappa shape index (κ3) is 9.64. The topological polar surface area (TPSA) is 82.1 Å². The zero-order chi connectivity index (χ0) is 32.1. The molecule has 1 N–H and O–H groups in total. The van der Waals surface area contributed by atoms with E-state index in [-0.39, 0.29) is 21.7 Å². The third-order valence-electron chi connectivity index (χ3n) is 6.56. The first-order valence-corrected chi connectivity index (χ1v) is 14.3. The Balaban J connectivity index is 0.000000307. The number of para-hydroxylation sites is 2. The molecular weight excluding hydrogens is 528 g/mol. The van der Waals surface area contributed by atoms with Crippen molar-refractivity contribution in [2.75, 3.05) is 0 Å². The molecule has 0 aliphatic heterocycles. The van der Waals surface area contributed by atoms with Gasteiger partial charge in [-0.05, 0) is 45.4 Å². The van der Waals surface area contributed by atoms with Crippen molar-refractivity contribution >= 4 is 12.3 Å². The number of benzene rings is 3. The van der Waals surface area contributed by atoms with Gasteiger partial charge in [0.25, 0.3) is 0 Å². The molecule has 3 aromatic rings. The second-order valence-electron chi connectivity index (χ2n) is 14.5. The lowest BCUT2D eigenvalue weighted by Crippen LogP contribution is -2.23. The van der Waals surface area contributed by atoms with Gasteiger partial charge in [-0.3, -0.25) is 0 Å². The van der Waals surface area contributed by atoms with E-state index in [0.717, 1.165) is 22.3 Å². The van der Waals surface area contributed by atoms with Crippen molar-refractivity contribution in [3.63, 3.8) is 0 Å². The van der Waals surface area contributed by atoms with Gasteiger partial charge in [-0.25, -0.2) is 9.59 Å². The molecule has 0 saturated heterocycles. The largest absolute Gasteiger partial charge is 0.519 e. The zero-order valence-corrected chi connectivity index (χ0v) is 27.3. The molecule has 42 heavy (non-hydrogen) atoms. The highest BCUT2D eigenvalue weighted by Gasteiger charge is 2.29. The number of carbonyl (C=O) groups excluding carboxylic acids is 1. The summed E-state index contributed by atoms with van der Waals surface area (Å²) >= 11 is 0. The number of carboxylic acid groups (broad SMARTS) is 1. The lowest BCUT2D eigenvalue weighted by molar-refractivity contribution is 0.143. The average Bonchev–Trinajstić information content (AvgIpc) is 2.82. The second kappa shape index (κ2) is 13.0. The molecule has 0 aliphatic rings. The van der Waals surface area contributed by atoms with Gasteiger partial charge in [0.2, 0.25) is 0 Å². The maximum atomic E-state index is 12.3. The Hall–Kier alpha value is -3.80. The van der Waals surface area contributed by atoms with Gasteiger partial charge in [-0.1, -0.05) is 132 Å². The van der Waals surface area contributed by atoms with Gasteiger partial charge in [-0.2, -0.15) is 0 Å². The highest BCUT2D eigenvalue weighted by molar-refractivity contribution is 5.69. The molecule has 3 rings (SSSR count). The van der Waals surface area contributed by atoms with Crippen LogP contribution in [0.3, 0.4) is 0 Å². The minimum absolute atomic E-state index is 0.0551. The molecule has 0 spiro atoms. The van der Waals surface area contributed by atoms with Crippen LogP contribution in [-0.4, -0.2) is 17.4 Å². The first-order valence-electron chi connectivity index (χ1n) is 14.3. The summed E-state index contributed by atoms with van der Waals surface area (Å²) in [5.74, 6) is 1.49. The third-order valence-corrected chi connectivity index (χ3v) is 6.56. The standard InChI is InChI=1S/C21H26O3.C15H22O3/c1-20(2,3)15-11-7-9-13-17(15)23-19(22)24-18-14-10-8-12-16(18)21(4,5)6;1-14(2,3)10-8-7-9-11(18-13(16)17)12(10)15(4,5)6/h7-14H,1-6H3;7-9H,1-6H3,(H,16,17). The molecule has 0 unspecified atom stereocenters. The van der Waals surface area contributed by atoms with Crippen LogP contribution in [-0.2, 0) is 21.7 Å². The summed E-state index contributed by atoms with van der Waals surface area (Å²) in [6, 6.07) is 20.7. The van der Waals surface area contributed by atoms with E-state index in [9.17, 15) is 9.59 Å². The fourth-order valence-corrected chi connectivity index (χ4v) is 4.66. The first kappa shape index (κ1) is 34.4. The maximum Gasteiger partial charge on any atom is 0.519 e. The van der Waals surface area contributed by atoms with E-state index in [1.54, 1.807) is 18.2 Å². The van der Waals surface area contributed by atoms with E-state index in [2.05, 4.69) is 83.1 Å². The highest BCUT2D eigenvalue weighted by atomic mass is 16.7. The van der Waals surface area contributed by atoms with E-state index in [0.29, 0.717) is 17.2 Å². The summed E-state index contributed by atoms with van der Waals surface area (Å²) in [4.78, 5) is 23.1. The summed E-state index contributed by atoms with van der Waals surface area (Å²) in [6.07, 6.45) is -1.99. The SMILES string of the molecule is CC(C)(C)c1cccc(OC(=O)O)c1C(C)(C)C.CC(C)(C)c1ccccc1OC(=O)Oc1ccccc1C(C)(C)C. The molecule has 6 heteroatoms. The van der Waals surface area contributed by atoms with Crippen LogP contribution in [0.25, 0.3) is 0 Å². The van der Waals surface area contributed by atoms with Crippen molar-refractivity contribution in [2.24, 2.45) is 0 Å². The van der Waals surface area contributed by atoms with Crippen LogP contribution in [0.1, 0.15) is 105 Å². The molecular formula is C36H48O6. The Morgan fingerprint density at radius 1 is 0.476 bits per heavy atom. The van der Waals surface area contributed by atoms with E-state index in [1.807, 2.05) is 48.5 Å². The summed E-state index contributed by atoms with van der Waals surface area (Å²) in [6.45, 7) is 25.0. The molecule has 0 fully saturated rings. The summed E-state index contributed by atoms with van der Waals surface area (Å²) in [7, 11) is 0. The Morgan fingerprint density at radius 2 is 0.833 bits per heavy atom. The Labute approximate surface area is 252 Å². The highest BCUT2D eigenvalue weighted by Crippen LogP contribution is 2.40. The molecule has 0 atom stereocenters. The lowest BCUT2D eigenvalue weighted by atomic mass is 9.75. The zero-order valence-electron chi connectivity index (χ0n) is 27.3. The maximum absolute atomic E-state index is 12.3. The number of hydrogen-bond acceptors (Lipinski definition) is 5. The van der Waals surface area contributed by atoms with Crippen molar-refractivity contribution in [3.8, 4) is 17.2 Å². The Bertz CT molecular complexity index is 1310. The van der Waals surface area contributed by atoms with Crippen LogP contribution in [0.5, 0.6) is 17.2 Å². The molecule has 0 bridgehead atoms. The fraction of sp³-hybridized carbons (Fsp3) is 0.444. The van der Waals surface area contributed by atoms with Crippen LogP contribution in [0.4, 0.5) is 9.59 Å². The molecule has 3 aromatic carbocycles. The molecule has 0 aromatic heterocycles. The van der Waals surface area contributed by atoms with Gasteiger partial charge in [0.15, 0.2) is 0 Å². The monoisotopic (exact) mass is 576 g/mol. The van der Waals surface area contributed by atoms with Crippen molar-refractivity contribution < 1.29 is 28.9 Å². The van der Waals surface area contributed by atoms with Gasteiger partial charge in [-0.15, -0.1) is 0 Å². The van der Waals surface area contributed by atoms with Gasteiger partial charge >= 0.3 is 12.3 Å². The van der Waals surface area contributed by atoms with E-state index >= 15 is 0 Å². The van der Waals surface area contributed by atoms with E-state index in [1.165, 1.54) is 0 Å². The van der Waals surface area contributed by atoms with Crippen LogP contribution >= 0.6 is 0 Å². The molecule has 6 nitrogen and oxygen atoms in total. The minimum Gasteiger partial charge on any atom is -0.449 e. The molecule has 0 heterocycles. The van der Waals surface area contributed by atoms with Crippen molar-refractivity contribution in [1.29, 1.82) is 0 Å². The lowest BCUT2D eigenvalue weighted by Gasteiger charge is -2.31. The summed E-state index contributed by atoms with van der Waals surface area (Å²) in [5.41, 5.74) is 3.53. The molecule has 0 amide bonds. The quantitative estimate of drug-likeness (QED) is 0.247. The fourth-order valence-electron chi connectivity index (χ4n) is 4.66. The van der Waals surface area contributed by atoms with E-state index in [4.69, 9.17) is 19.3 Å². The first-order chi connectivity index (χ1) is 19.1. The van der Waals surface area contributed by atoms with Crippen molar-refractivity contribution in [2.45, 2.75) is 105 Å². The number of hydrogen-bond donors (Lipinski definition) is 1. The summed E-state index contributed by atoms with van der Waals surface area (Å²) in [5, 5.41) is 8.83. The van der Waals surface area contributed by atoms with Crippen LogP contribution < -0.4 is 14.2 Å². The molecule has 0 radical (unpaired) electrons. The van der Waals surface area contributed by atoms with Crippen molar-refractivity contribution in [3.05, 3.63) is 89.0 Å². The smallest absolute Gasteiger partial charge is 0.449 e. The Morgan fingerprint density at radius 3 is 1.19 bits per heavy atom. The minimum atomic E-state index is -1.27. The number of carbonyl (C=O) groups is 2. The van der Waals surface area contributed by atoms with Crippen LogP contribution in [0, 0.1) is 0 Å². The van der Waals surface area contributed by atoms with Gasteiger partial charge in [0.1, 0.15) is 17.2 Å². The molecule has 228 valence electrons. The molecule has 0 aliphatic carbocycles. The van der Waals surface area contributed by atoms with Gasteiger partial charge in [0.05, 0.1) is 0 Å². The Kier molecular flexibility index (Phi) is 10.7. The number of ether oxygens (including phenoxy) is 3. The van der Waals surface area contributed by atoms with Gasteiger partial charge < -0.3 is 19.3 Å². The number of rotatable bonds is 3. The van der Waals surface area contributed by atoms with E-state index < -0.39 is 12.3 Å². The molecule has 0 saturated carbocycles. The van der Waals surface area contributed by atoms with Crippen LogP contribution in [0.2, 0.25) is 0 Å². The van der Waals surface area contributed by atoms with Crippen LogP contribution in [0.15, 0.2) is 66.7 Å².